The Labute approximate surface area is 341 Å². The SMILES string of the molecule is [2H]C([2H])([2H])[n+]1[c-]n2c3c(cccc31)OB(c1c(C(C)C)cccc1C(C)C)[n+]1ccc(Oc3[c-]c4c(cc3)c3ccccc3n4-c3cc(C(C)(C)C)ccn3)[c-]c1-2.[Pt]. The van der Waals surface area contributed by atoms with E-state index in [0.29, 0.717) is 34.1 Å². The molecule has 55 heavy (non-hydrogen) atoms. The molecule has 0 amide bonds. The van der Waals surface area contributed by atoms with Crippen molar-refractivity contribution < 1.29 is 43.6 Å². The zero-order chi connectivity index (χ0) is 40.0. The van der Waals surface area contributed by atoms with Crippen LogP contribution in [0, 0.1) is 18.5 Å². The second-order valence-electron chi connectivity index (χ2n) is 15.8. The van der Waals surface area contributed by atoms with Crippen LogP contribution < -0.4 is 23.9 Å². The Morgan fingerprint density at radius 2 is 1.60 bits per heavy atom. The molecule has 0 fully saturated rings. The van der Waals surface area contributed by atoms with Gasteiger partial charge in [-0.25, -0.2) is 4.98 Å². The molecule has 0 unspecified atom stereocenters. The van der Waals surface area contributed by atoms with E-state index in [4.69, 9.17) is 18.5 Å². The first-order valence-electron chi connectivity index (χ1n) is 20.1. The molecule has 1 aliphatic rings. The molecule has 7 nitrogen and oxygen atoms in total. The standard InChI is InChI=1S/C46H43BN5O2.Pt/c1-29(2)34-14-11-15-35(30(3)4)44(34)47-51-24-22-33(27-43(51)50-28-49(8)39-17-12-18-41(54-47)45(39)50)53-32-19-20-37-36-13-9-10-16-38(36)52(40(37)26-32)42-25-31(21-23-48-42)46(5,6)7;/h9-25,29-30H,1-8H3;/q-1;/i8D3;. The molecule has 0 aliphatic carbocycles. The molecule has 0 N–H and O–H groups in total. The zero-order valence-electron chi connectivity index (χ0n) is 34.9. The van der Waals surface area contributed by atoms with Crippen LogP contribution >= 0.6 is 0 Å². The molecule has 0 saturated heterocycles. The Morgan fingerprint density at radius 3 is 2.35 bits per heavy atom. The molecule has 1 aliphatic heterocycles. The van der Waals surface area contributed by atoms with Gasteiger partial charge in [0.1, 0.15) is 17.4 Å². The van der Waals surface area contributed by atoms with E-state index in [1.54, 1.807) is 10.6 Å². The second-order valence-corrected chi connectivity index (χ2v) is 15.8. The maximum Gasteiger partial charge on any atom is 0.635 e. The Hall–Kier alpha value is -5.20. The summed E-state index contributed by atoms with van der Waals surface area (Å²) in [6, 6.07) is 37.4. The van der Waals surface area contributed by atoms with Gasteiger partial charge in [-0.2, -0.15) is 12.1 Å². The topological polar surface area (TPSA) is 49.0 Å². The third-order valence-electron chi connectivity index (χ3n) is 10.5. The minimum atomic E-state index is -2.49. The summed E-state index contributed by atoms with van der Waals surface area (Å²) in [6.45, 7) is 12.9. The first kappa shape index (κ1) is 33.2. The molecule has 0 atom stereocenters. The van der Waals surface area contributed by atoms with Crippen molar-refractivity contribution >= 4 is 45.4 Å². The van der Waals surface area contributed by atoms with Gasteiger partial charge in [-0.3, -0.25) is 0 Å². The van der Waals surface area contributed by atoms with Crippen LogP contribution in [0.4, 0.5) is 0 Å². The Morgan fingerprint density at radius 1 is 0.855 bits per heavy atom. The van der Waals surface area contributed by atoms with Gasteiger partial charge in [0.05, 0.1) is 22.1 Å². The normalized spacial score (nSPS) is 13.7. The monoisotopic (exact) mass is 906 g/mol. The molecule has 0 radical (unpaired) electrons. The number of benzene rings is 4. The molecule has 8 aromatic rings. The molecule has 9 heteroatoms. The smallest absolute Gasteiger partial charge is 0.523 e. The van der Waals surface area contributed by atoms with Crippen LogP contribution in [0.5, 0.6) is 17.2 Å². The van der Waals surface area contributed by atoms with Crippen molar-refractivity contribution in [1.82, 2.24) is 14.1 Å². The predicted octanol–water partition coefficient (Wildman–Crippen LogP) is 8.61. The number of imidazole rings is 1. The fourth-order valence-electron chi connectivity index (χ4n) is 7.79. The second kappa shape index (κ2) is 13.8. The number of ether oxygens (including phenoxy) is 1. The number of para-hydroxylation sites is 2. The van der Waals surface area contributed by atoms with Gasteiger partial charge in [0.2, 0.25) is 6.33 Å². The van der Waals surface area contributed by atoms with Gasteiger partial charge in [-0.1, -0.05) is 103 Å². The summed E-state index contributed by atoms with van der Waals surface area (Å²) >= 11 is 0. The molecule has 5 heterocycles. The minimum Gasteiger partial charge on any atom is -0.523 e. The summed E-state index contributed by atoms with van der Waals surface area (Å²) in [5, 5.41) is 2.12. The van der Waals surface area contributed by atoms with Gasteiger partial charge < -0.3 is 27.6 Å². The number of rotatable bonds is 6. The molecule has 4 aromatic heterocycles. The number of aryl methyl sites for hydroxylation is 1. The van der Waals surface area contributed by atoms with Crippen LogP contribution in [0.3, 0.4) is 0 Å². The van der Waals surface area contributed by atoms with Crippen LogP contribution in [0.1, 0.15) is 81.1 Å². The zero-order valence-corrected chi connectivity index (χ0v) is 34.2. The Bertz CT molecular complexity index is 2850. The average molecular weight is 907 g/mol. The number of fused-ring (bicyclic) bond motifs is 5. The molecule has 278 valence electrons. The summed E-state index contributed by atoms with van der Waals surface area (Å²) in [5.41, 5.74) is 7.44. The number of hydrogen-bond acceptors (Lipinski definition) is 3. The van der Waals surface area contributed by atoms with E-state index in [1.165, 1.54) is 21.3 Å². The van der Waals surface area contributed by atoms with Crippen molar-refractivity contribution in [2.45, 2.75) is 65.7 Å². The fourth-order valence-corrected chi connectivity index (χ4v) is 7.79. The molecule has 4 aromatic carbocycles. The van der Waals surface area contributed by atoms with E-state index in [-0.39, 0.29) is 38.3 Å². The fraction of sp³-hybridized carbons (Fsp3) is 0.239. The third-order valence-corrected chi connectivity index (χ3v) is 10.5. The van der Waals surface area contributed by atoms with Crippen molar-refractivity contribution in [1.29, 1.82) is 0 Å². The van der Waals surface area contributed by atoms with E-state index < -0.39 is 14.0 Å². The molecule has 0 spiro atoms. The van der Waals surface area contributed by atoms with E-state index >= 15 is 0 Å². The summed E-state index contributed by atoms with van der Waals surface area (Å²) in [6.07, 6.45) is 6.94. The summed E-state index contributed by atoms with van der Waals surface area (Å²) < 4.78 is 45.8. The van der Waals surface area contributed by atoms with Crippen LogP contribution in [0.2, 0.25) is 0 Å². The third kappa shape index (κ3) is 6.15. The summed E-state index contributed by atoms with van der Waals surface area (Å²) in [4.78, 5) is 4.82. The Balaban J connectivity index is 0.00000469. The first-order chi connectivity index (χ1) is 27.2. The maximum absolute atomic E-state index is 8.37. The van der Waals surface area contributed by atoms with E-state index in [2.05, 4.69) is 120 Å². The van der Waals surface area contributed by atoms with E-state index in [1.807, 2.05) is 53.3 Å². The quantitative estimate of drug-likeness (QED) is 0.0955. The van der Waals surface area contributed by atoms with Gasteiger partial charge in [-0.15, -0.1) is 23.6 Å². The van der Waals surface area contributed by atoms with Gasteiger partial charge >= 0.3 is 7.05 Å². The molecule has 0 saturated carbocycles. The van der Waals surface area contributed by atoms with Crippen molar-refractivity contribution in [3.63, 3.8) is 0 Å². The first-order valence-corrected chi connectivity index (χ1v) is 18.6. The van der Waals surface area contributed by atoms with E-state index in [9.17, 15) is 0 Å². The van der Waals surface area contributed by atoms with Crippen LogP contribution in [-0.4, -0.2) is 21.2 Å². The van der Waals surface area contributed by atoms with Gasteiger partial charge in [0, 0.05) is 44.0 Å². The van der Waals surface area contributed by atoms with Crippen molar-refractivity contribution in [3.05, 3.63) is 139 Å². The molecule has 0 bridgehead atoms. The number of hydrogen-bond donors (Lipinski definition) is 0. The molecular formula is C46H43BN5O2Pt-. The van der Waals surface area contributed by atoms with Gasteiger partial charge in [0.25, 0.3) is 0 Å². The number of pyridine rings is 2. The largest absolute Gasteiger partial charge is 0.635 e. The van der Waals surface area contributed by atoms with Crippen molar-refractivity contribution in [3.8, 4) is 28.9 Å². The summed E-state index contributed by atoms with van der Waals surface area (Å²) in [5.74, 6) is 3.20. The number of aromatic nitrogens is 5. The molecular weight excluding hydrogens is 860 g/mol. The van der Waals surface area contributed by atoms with Crippen molar-refractivity contribution in [2.75, 3.05) is 0 Å². The van der Waals surface area contributed by atoms with E-state index in [0.717, 1.165) is 33.1 Å². The average Bonchev–Trinajstić information content (AvgIpc) is 3.69. The van der Waals surface area contributed by atoms with Crippen LogP contribution in [0.15, 0.2) is 103 Å². The maximum atomic E-state index is 8.37. The Kier molecular flexibility index (Phi) is 8.34. The summed E-state index contributed by atoms with van der Waals surface area (Å²) in [7, 11) is -0.601. The van der Waals surface area contributed by atoms with Gasteiger partial charge in [0.15, 0.2) is 0 Å². The molecule has 9 rings (SSSR count). The predicted molar refractivity (Wildman–Crippen MR) is 215 cm³/mol. The van der Waals surface area contributed by atoms with Gasteiger partial charge in [-0.05, 0) is 75.5 Å². The van der Waals surface area contributed by atoms with Crippen LogP contribution in [0.25, 0.3) is 44.5 Å². The van der Waals surface area contributed by atoms with Crippen molar-refractivity contribution in [2.24, 2.45) is 6.98 Å². The minimum absolute atomic E-state index is 0. The van der Waals surface area contributed by atoms with Crippen LogP contribution in [-0.2, 0) is 33.5 Å². The number of nitrogens with zero attached hydrogens (tertiary/aromatic N) is 5.